The maximum Gasteiger partial charge on any atom is 0.244 e. The number of nitrogens with zero attached hydrogens (tertiary/aromatic N) is 1. The summed E-state index contributed by atoms with van der Waals surface area (Å²) in [4.78, 5) is 14.0. The molecule has 4 nitrogen and oxygen atoms in total. The van der Waals surface area contributed by atoms with Gasteiger partial charge in [-0.05, 0) is 50.3 Å². The summed E-state index contributed by atoms with van der Waals surface area (Å²) in [6.45, 7) is 1.79. The number of anilines is 2. The van der Waals surface area contributed by atoms with Crippen LogP contribution in [-0.4, -0.2) is 24.5 Å². The number of carbonyl (C=O) groups excluding carboxylic acids is 1. The summed E-state index contributed by atoms with van der Waals surface area (Å²) in [5.74, 6) is -0.499. The van der Waals surface area contributed by atoms with Crippen LogP contribution in [0.5, 0.6) is 0 Å². The highest BCUT2D eigenvalue weighted by molar-refractivity contribution is 5.98. The first-order valence-corrected chi connectivity index (χ1v) is 7.23. The highest BCUT2D eigenvalue weighted by Gasteiger charge is 2.40. The van der Waals surface area contributed by atoms with Gasteiger partial charge in [0.15, 0.2) is 0 Å². The number of hydrogen-bond donors (Lipinski definition) is 2. The van der Waals surface area contributed by atoms with E-state index in [1.165, 1.54) is 6.07 Å². The Morgan fingerprint density at radius 3 is 2.50 bits per heavy atom. The van der Waals surface area contributed by atoms with Crippen molar-refractivity contribution in [3.63, 3.8) is 0 Å². The molecule has 108 valence electrons. The second-order valence-electron chi connectivity index (χ2n) is 5.82. The molecule has 2 fully saturated rings. The standard InChI is InChI=1S/C15H20FN3O/c16-12-10-11(18-14(20)15(17)6-3-7-15)4-5-13(12)19-8-1-2-9-19/h4-5,10H,1-3,6-9,17H2,(H,18,20). The fourth-order valence-electron chi connectivity index (χ4n) is 2.84. The maximum absolute atomic E-state index is 14.1. The summed E-state index contributed by atoms with van der Waals surface area (Å²) in [6, 6.07) is 4.87. The Bertz CT molecular complexity index is 522. The van der Waals surface area contributed by atoms with E-state index in [-0.39, 0.29) is 11.7 Å². The molecule has 0 bridgehead atoms. The van der Waals surface area contributed by atoms with Gasteiger partial charge >= 0.3 is 0 Å². The molecule has 0 unspecified atom stereocenters. The van der Waals surface area contributed by atoms with Crippen LogP contribution in [0, 0.1) is 5.82 Å². The Hall–Kier alpha value is -1.62. The molecule has 0 radical (unpaired) electrons. The van der Waals surface area contributed by atoms with Gasteiger partial charge in [0, 0.05) is 18.8 Å². The molecule has 1 heterocycles. The first-order valence-electron chi connectivity index (χ1n) is 7.23. The van der Waals surface area contributed by atoms with Crippen LogP contribution in [-0.2, 0) is 4.79 Å². The number of hydrogen-bond acceptors (Lipinski definition) is 3. The summed E-state index contributed by atoms with van der Waals surface area (Å²) in [5.41, 5.74) is 6.28. The predicted octanol–water partition coefficient (Wildman–Crippen LogP) is 2.25. The van der Waals surface area contributed by atoms with E-state index in [4.69, 9.17) is 5.73 Å². The van der Waals surface area contributed by atoms with Crippen LogP contribution in [0.3, 0.4) is 0 Å². The van der Waals surface area contributed by atoms with Crippen molar-refractivity contribution in [1.82, 2.24) is 0 Å². The summed E-state index contributed by atoms with van der Waals surface area (Å²) >= 11 is 0. The molecule has 1 aliphatic carbocycles. The molecular formula is C15H20FN3O. The molecule has 1 aromatic rings. The van der Waals surface area contributed by atoms with Gasteiger partial charge in [-0.15, -0.1) is 0 Å². The third-order valence-electron chi connectivity index (χ3n) is 4.35. The van der Waals surface area contributed by atoms with Crippen molar-refractivity contribution >= 4 is 17.3 Å². The molecule has 0 spiro atoms. The average Bonchev–Trinajstić information content (AvgIpc) is 2.89. The first kappa shape index (κ1) is 13.4. The lowest BCUT2D eigenvalue weighted by Crippen LogP contribution is -2.56. The second-order valence-corrected chi connectivity index (χ2v) is 5.82. The Morgan fingerprint density at radius 1 is 1.25 bits per heavy atom. The predicted molar refractivity (Wildman–Crippen MR) is 77.2 cm³/mol. The third-order valence-corrected chi connectivity index (χ3v) is 4.35. The van der Waals surface area contributed by atoms with Crippen molar-refractivity contribution in [2.24, 2.45) is 5.73 Å². The second kappa shape index (κ2) is 5.05. The Labute approximate surface area is 118 Å². The van der Waals surface area contributed by atoms with E-state index in [1.54, 1.807) is 12.1 Å². The largest absolute Gasteiger partial charge is 0.369 e. The lowest BCUT2D eigenvalue weighted by atomic mass is 9.77. The van der Waals surface area contributed by atoms with E-state index in [0.717, 1.165) is 32.4 Å². The maximum atomic E-state index is 14.1. The normalized spacial score (nSPS) is 20.6. The van der Waals surface area contributed by atoms with Gasteiger partial charge in [-0.25, -0.2) is 4.39 Å². The lowest BCUT2D eigenvalue weighted by molar-refractivity contribution is -0.123. The summed E-state index contributed by atoms with van der Waals surface area (Å²) in [6.07, 6.45) is 4.59. The topological polar surface area (TPSA) is 58.4 Å². The number of carbonyl (C=O) groups is 1. The minimum absolute atomic E-state index is 0.211. The minimum Gasteiger partial charge on any atom is -0.369 e. The van der Waals surface area contributed by atoms with Crippen LogP contribution in [0.1, 0.15) is 32.1 Å². The zero-order valence-corrected chi connectivity index (χ0v) is 11.5. The highest BCUT2D eigenvalue weighted by Crippen LogP contribution is 2.31. The quantitative estimate of drug-likeness (QED) is 0.891. The van der Waals surface area contributed by atoms with Crippen LogP contribution < -0.4 is 16.0 Å². The Balaban J connectivity index is 1.71. The zero-order chi connectivity index (χ0) is 14.2. The molecule has 3 N–H and O–H groups in total. The zero-order valence-electron chi connectivity index (χ0n) is 11.5. The fourth-order valence-corrected chi connectivity index (χ4v) is 2.84. The molecule has 2 aliphatic rings. The molecule has 1 amide bonds. The van der Waals surface area contributed by atoms with Gasteiger partial charge in [0.2, 0.25) is 5.91 Å². The number of nitrogens with two attached hydrogens (primary N) is 1. The van der Waals surface area contributed by atoms with E-state index in [2.05, 4.69) is 5.32 Å². The van der Waals surface area contributed by atoms with Crippen molar-refractivity contribution in [2.75, 3.05) is 23.3 Å². The van der Waals surface area contributed by atoms with Gasteiger partial charge in [0.25, 0.3) is 0 Å². The molecule has 1 aliphatic heterocycles. The third kappa shape index (κ3) is 2.38. The van der Waals surface area contributed by atoms with Crippen molar-refractivity contribution in [3.8, 4) is 0 Å². The van der Waals surface area contributed by atoms with Crippen LogP contribution in [0.15, 0.2) is 18.2 Å². The van der Waals surface area contributed by atoms with Crippen LogP contribution in [0.4, 0.5) is 15.8 Å². The van der Waals surface area contributed by atoms with Crippen molar-refractivity contribution < 1.29 is 9.18 Å². The minimum atomic E-state index is -0.760. The summed E-state index contributed by atoms with van der Waals surface area (Å²) < 4.78 is 14.1. The van der Waals surface area contributed by atoms with Gasteiger partial charge in [-0.2, -0.15) is 0 Å². The molecule has 5 heteroatoms. The van der Waals surface area contributed by atoms with E-state index in [0.29, 0.717) is 24.2 Å². The van der Waals surface area contributed by atoms with Crippen LogP contribution in [0.2, 0.25) is 0 Å². The number of rotatable bonds is 3. The van der Waals surface area contributed by atoms with E-state index < -0.39 is 5.54 Å². The van der Waals surface area contributed by atoms with Gasteiger partial charge in [-0.1, -0.05) is 0 Å². The van der Waals surface area contributed by atoms with Gasteiger partial charge < -0.3 is 16.0 Å². The molecule has 1 aromatic carbocycles. The van der Waals surface area contributed by atoms with Crippen LogP contribution >= 0.6 is 0 Å². The fraction of sp³-hybridized carbons (Fsp3) is 0.533. The first-order chi connectivity index (χ1) is 9.58. The Morgan fingerprint density at radius 2 is 1.95 bits per heavy atom. The summed E-state index contributed by atoms with van der Waals surface area (Å²) in [7, 11) is 0. The lowest BCUT2D eigenvalue weighted by Gasteiger charge is -2.36. The van der Waals surface area contributed by atoms with Gasteiger partial charge in [-0.3, -0.25) is 4.79 Å². The van der Waals surface area contributed by atoms with Crippen molar-refractivity contribution in [1.29, 1.82) is 0 Å². The molecule has 0 aromatic heterocycles. The van der Waals surface area contributed by atoms with Gasteiger partial charge in [0.05, 0.1) is 11.2 Å². The van der Waals surface area contributed by atoms with Crippen molar-refractivity contribution in [3.05, 3.63) is 24.0 Å². The van der Waals surface area contributed by atoms with Crippen molar-refractivity contribution in [2.45, 2.75) is 37.6 Å². The van der Waals surface area contributed by atoms with E-state index in [9.17, 15) is 9.18 Å². The highest BCUT2D eigenvalue weighted by atomic mass is 19.1. The summed E-state index contributed by atoms with van der Waals surface area (Å²) in [5, 5.41) is 2.72. The number of benzene rings is 1. The van der Waals surface area contributed by atoms with E-state index >= 15 is 0 Å². The molecule has 1 saturated heterocycles. The molecular weight excluding hydrogens is 257 g/mol. The number of nitrogens with one attached hydrogen (secondary N) is 1. The van der Waals surface area contributed by atoms with E-state index in [1.807, 2.05) is 4.90 Å². The number of amides is 1. The number of halogens is 1. The van der Waals surface area contributed by atoms with Crippen LogP contribution in [0.25, 0.3) is 0 Å². The molecule has 1 saturated carbocycles. The van der Waals surface area contributed by atoms with Gasteiger partial charge in [0.1, 0.15) is 5.82 Å². The monoisotopic (exact) mass is 277 g/mol. The smallest absolute Gasteiger partial charge is 0.244 e. The molecule has 0 atom stereocenters. The average molecular weight is 277 g/mol. The Kier molecular flexibility index (Phi) is 3.38. The molecule has 3 rings (SSSR count). The molecule has 20 heavy (non-hydrogen) atoms. The SMILES string of the molecule is NC1(C(=O)Nc2ccc(N3CCCC3)c(F)c2)CCC1.